The Balaban J connectivity index is 3.32. The standard InChI is InChI=1S/C8H11F3N2O3/c1-4(2)6-12-5(7(9,10)11)3-13(6)8(14,15)16/h3-4,14-16H,1-2H3. The molecular weight excluding hydrogens is 229 g/mol. The zero-order chi connectivity index (χ0) is 12.7. The highest BCUT2D eigenvalue weighted by Gasteiger charge is 2.38. The van der Waals surface area contributed by atoms with E-state index in [-0.39, 0.29) is 10.4 Å². The van der Waals surface area contributed by atoms with E-state index < -0.39 is 23.9 Å². The van der Waals surface area contributed by atoms with Crippen LogP contribution >= 0.6 is 0 Å². The number of nitrogens with zero attached hydrogens (tertiary/aromatic N) is 2. The molecule has 8 heteroatoms. The molecule has 0 saturated carbocycles. The third-order valence-electron chi connectivity index (χ3n) is 1.86. The smallest absolute Gasteiger partial charge is 0.325 e. The van der Waals surface area contributed by atoms with Crippen LogP contribution in [-0.4, -0.2) is 24.9 Å². The van der Waals surface area contributed by atoms with Crippen molar-refractivity contribution in [2.24, 2.45) is 0 Å². The maximum atomic E-state index is 12.3. The number of hydrogen-bond donors (Lipinski definition) is 3. The summed E-state index contributed by atoms with van der Waals surface area (Å²) in [6.07, 6.45) is -7.76. The highest BCUT2D eigenvalue weighted by Crippen LogP contribution is 2.31. The van der Waals surface area contributed by atoms with E-state index in [4.69, 9.17) is 15.3 Å². The van der Waals surface area contributed by atoms with Gasteiger partial charge in [0.1, 0.15) is 5.82 Å². The fraction of sp³-hybridized carbons (Fsp3) is 0.625. The monoisotopic (exact) mass is 240 g/mol. The first-order chi connectivity index (χ1) is 7.03. The second-order valence-corrected chi connectivity index (χ2v) is 3.61. The van der Waals surface area contributed by atoms with Crippen molar-refractivity contribution in [1.82, 2.24) is 9.55 Å². The summed E-state index contributed by atoms with van der Waals surface area (Å²) < 4.78 is 37.2. The molecule has 0 saturated heterocycles. The Morgan fingerprint density at radius 1 is 1.25 bits per heavy atom. The van der Waals surface area contributed by atoms with Crippen LogP contribution in [0.4, 0.5) is 13.2 Å². The molecule has 0 spiro atoms. The minimum atomic E-state index is -4.71. The molecule has 1 rings (SSSR count). The first kappa shape index (κ1) is 12.9. The predicted octanol–water partition coefficient (Wildman–Crippen LogP) is 0.570. The summed E-state index contributed by atoms with van der Waals surface area (Å²) >= 11 is 0. The van der Waals surface area contributed by atoms with Crippen LogP contribution in [0.3, 0.4) is 0 Å². The van der Waals surface area contributed by atoms with Gasteiger partial charge in [-0.1, -0.05) is 13.8 Å². The van der Waals surface area contributed by atoms with Gasteiger partial charge in [0.05, 0.1) is 0 Å². The van der Waals surface area contributed by atoms with Gasteiger partial charge in [0, 0.05) is 12.1 Å². The second-order valence-electron chi connectivity index (χ2n) is 3.61. The van der Waals surface area contributed by atoms with Gasteiger partial charge in [-0.15, -0.1) is 0 Å². The van der Waals surface area contributed by atoms with E-state index in [1.807, 2.05) is 0 Å². The maximum Gasteiger partial charge on any atom is 0.434 e. The summed E-state index contributed by atoms with van der Waals surface area (Å²) in [5.41, 5.74) is -1.29. The Kier molecular flexibility index (Phi) is 3.01. The zero-order valence-electron chi connectivity index (χ0n) is 8.52. The molecule has 3 N–H and O–H groups in total. The van der Waals surface area contributed by atoms with Gasteiger partial charge in [-0.2, -0.15) is 13.2 Å². The van der Waals surface area contributed by atoms with E-state index in [2.05, 4.69) is 4.98 Å². The van der Waals surface area contributed by atoms with Crippen molar-refractivity contribution in [2.75, 3.05) is 0 Å². The molecule has 0 fully saturated rings. The molecule has 0 aromatic carbocycles. The number of rotatable bonds is 2. The number of alkyl halides is 3. The average Bonchev–Trinajstić information content (AvgIpc) is 2.44. The van der Waals surface area contributed by atoms with Crippen molar-refractivity contribution in [3.63, 3.8) is 0 Å². The van der Waals surface area contributed by atoms with Crippen LogP contribution in [0.25, 0.3) is 0 Å². The molecule has 1 heterocycles. The molecule has 0 amide bonds. The number of hydrogen-bond acceptors (Lipinski definition) is 4. The molecule has 5 nitrogen and oxygen atoms in total. The van der Waals surface area contributed by atoms with Gasteiger partial charge in [-0.05, 0) is 0 Å². The molecule has 0 unspecified atom stereocenters. The van der Waals surface area contributed by atoms with Crippen LogP contribution in [0.15, 0.2) is 6.20 Å². The number of halogens is 3. The summed E-state index contributed by atoms with van der Waals surface area (Å²) in [5, 5.41) is 26.6. The zero-order valence-corrected chi connectivity index (χ0v) is 8.52. The Bertz CT molecular complexity index is 379. The lowest BCUT2D eigenvalue weighted by Crippen LogP contribution is -2.33. The van der Waals surface area contributed by atoms with Crippen LogP contribution in [0.1, 0.15) is 31.3 Å². The van der Waals surface area contributed by atoms with Crippen molar-refractivity contribution in [3.05, 3.63) is 17.7 Å². The van der Waals surface area contributed by atoms with Gasteiger partial charge < -0.3 is 15.3 Å². The van der Waals surface area contributed by atoms with Gasteiger partial charge >= 0.3 is 12.3 Å². The van der Waals surface area contributed by atoms with Gasteiger partial charge in [-0.25, -0.2) is 4.98 Å². The van der Waals surface area contributed by atoms with Gasteiger partial charge in [0.15, 0.2) is 5.69 Å². The summed E-state index contributed by atoms with van der Waals surface area (Å²) in [6.45, 7) is 3.01. The second kappa shape index (κ2) is 3.72. The number of imidazole rings is 1. The summed E-state index contributed by atoms with van der Waals surface area (Å²) in [6, 6.07) is 0. The lowest BCUT2D eigenvalue weighted by atomic mass is 10.2. The molecule has 0 atom stereocenters. The predicted molar refractivity (Wildman–Crippen MR) is 45.9 cm³/mol. The first-order valence-corrected chi connectivity index (χ1v) is 4.37. The van der Waals surface area contributed by atoms with E-state index in [0.717, 1.165) is 0 Å². The van der Waals surface area contributed by atoms with Gasteiger partial charge in [-0.3, -0.25) is 4.57 Å². The first-order valence-electron chi connectivity index (χ1n) is 4.37. The van der Waals surface area contributed by atoms with E-state index in [0.29, 0.717) is 6.20 Å². The molecule has 0 aliphatic rings. The largest absolute Gasteiger partial charge is 0.434 e. The third kappa shape index (κ3) is 2.52. The quantitative estimate of drug-likeness (QED) is 0.660. The van der Waals surface area contributed by atoms with Crippen molar-refractivity contribution >= 4 is 0 Å². The Hall–Kier alpha value is -1.12. The lowest BCUT2D eigenvalue weighted by molar-refractivity contribution is -0.376. The Morgan fingerprint density at radius 3 is 2.00 bits per heavy atom. The van der Waals surface area contributed by atoms with Crippen molar-refractivity contribution in [1.29, 1.82) is 0 Å². The Labute approximate surface area is 88.8 Å². The van der Waals surface area contributed by atoms with E-state index >= 15 is 0 Å². The Morgan fingerprint density at radius 2 is 1.75 bits per heavy atom. The van der Waals surface area contributed by atoms with Gasteiger partial charge in [0.25, 0.3) is 0 Å². The molecular formula is C8H11F3N2O3. The van der Waals surface area contributed by atoms with Crippen LogP contribution in [0.2, 0.25) is 0 Å². The lowest BCUT2D eigenvalue weighted by Gasteiger charge is -2.18. The number of aliphatic hydroxyl groups is 3. The number of aromatic nitrogens is 2. The third-order valence-corrected chi connectivity index (χ3v) is 1.86. The fourth-order valence-electron chi connectivity index (χ4n) is 1.18. The topological polar surface area (TPSA) is 78.5 Å². The van der Waals surface area contributed by atoms with E-state index in [1.165, 1.54) is 13.8 Å². The molecule has 16 heavy (non-hydrogen) atoms. The van der Waals surface area contributed by atoms with Crippen LogP contribution in [-0.2, 0) is 12.3 Å². The molecule has 1 aromatic rings. The molecule has 0 aliphatic carbocycles. The fourth-order valence-corrected chi connectivity index (χ4v) is 1.18. The van der Waals surface area contributed by atoms with Crippen LogP contribution < -0.4 is 0 Å². The SMILES string of the molecule is CC(C)c1nc(C(F)(F)F)cn1C(O)(O)O. The molecule has 92 valence electrons. The minimum absolute atomic E-state index is 0.264. The molecule has 0 bridgehead atoms. The summed E-state index contributed by atoms with van der Waals surface area (Å²) in [4.78, 5) is 3.21. The highest BCUT2D eigenvalue weighted by molar-refractivity contribution is 5.10. The van der Waals surface area contributed by atoms with E-state index in [1.54, 1.807) is 0 Å². The van der Waals surface area contributed by atoms with E-state index in [9.17, 15) is 13.2 Å². The van der Waals surface area contributed by atoms with Crippen LogP contribution in [0.5, 0.6) is 0 Å². The average molecular weight is 240 g/mol. The maximum absolute atomic E-state index is 12.3. The summed E-state index contributed by atoms with van der Waals surface area (Å²) in [5.74, 6) is -0.790. The van der Waals surface area contributed by atoms with Crippen molar-refractivity contribution in [2.45, 2.75) is 32.0 Å². The normalized spacial score (nSPS) is 13.6. The minimum Gasteiger partial charge on any atom is -0.325 e. The molecule has 0 aliphatic heterocycles. The van der Waals surface area contributed by atoms with Gasteiger partial charge in [0.2, 0.25) is 0 Å². The summed E-state index contributed by atoms with van der Waals surface area (Å²) in [7, 11) is 0. The van der Waals surface area contributed by atoms with Crippen LogP contribution in [0, 0.1) is 0 Å². The molecule has 1 aromatic heterocycles. The van der Waals surface area contributed by atoms with Crippen molar-refractivity contribution < 1.29 is 28.5 Å². The highest BCUT2D eigenvalue weighted by atomic mass is 19.4. The van der Waals surface area contributed by atoms with Crippen molar-refractivity contribution in [3.8, 4) is 0 Å². The molecule has 0 radical (unpaired) electrons.